The van der Waals surface area contributed by atoms with Crippen molar-refractivity contribution < 1.29 is 9.90 Å². The normalized spacial score (nSPS) is 25.8. The predicted molar refractivity (Wildman–Crippen MR) is 47.3 cm³/mol. The molecule has 0 unspecified atom stereocenters. The molecule has 0 bridgehead atoms. The molecular weight excluding hydrogens is 154 g/mol. The molecule has 0 aromatic carbocycles. The van der Waals surface area contributed by atoms with Gasteiger partial charge in [0.25, 0.3) is 0 Å². The molecule has 1 fully saturated rings. The maximum Gasteiger partial charge on any atom is 0.408 e. The predicted octanol–water partition coefficient (Wildman–Crippen LogP) is 2.32. The molecule has 3 nitrogen and oxygen atoms in total. The lowest BCUT2D eigenvalue weighted by atomic mass is 10.0. The van der Waals surface area contributed by atoms with Crippen LogP contribution >= 0.6 is 0 Å². The molecule has 0 radical (unpaired) electrons. The highest BCUT2D eigenvalue weighted by atomic mass is 16.4. The molecule has 0 aromatic rings. The number of amides is 1. The average molecular weight is 171 g/mol. The van der Waals surface area contributed by atoms with Crippen LogP contribution in [0, 0.1) is 0 Å². The van der Waals surface area contributed by atoms with Crippen molar-refractivity contribution in [2.45, 2.75) is 51.6 Å². The highest BCUT2D eigenvalue weighted by molar-refractivity contribution is 5.67. The summed E-state index contributed by atoms with van der Waals surface area (Å²) >= 11 is 0. The summed E-state index contributed by atoms with van der Waals surface area (Å²) in [6.07, 6.45) is 1.10. The number of likely N-dealkylation sites (tertiary alicyclic amines) is 1. The van der Waals surface area contributed by atoms with Crippen LogP contribution in [0.4, 0.5) is 4.79 Å². The van der Waals surface area contributed by atoms with Gasteiger partial charge in [-0.3, -0.25) is 4.90 Å². The van der Waals surface area contributed by atoms with E-state index in [0.29, 0.717) is 0 Å². The molecular formula is C9H17NO2. The van der Waals surface area contributed by atoms with Crippen molar-refractivity contribution in [2.75, 3.05) is 0 Å². The van der Waals surface area contributed by atoms with Crippen LogP contribution in [0.5, 0.6) is 0 Å². The zero-order valence-electron chi connectivity index (χ0n) is 8.22. The van der Waals surface area contributed by atoms with Gasteiger partial charge in [-0.15, -0.1) is 0 Å². The first-order valence-corrected chi connectivity index (χ1v) is 4.31. The fourth-order valence-corrected chi connectivity index (χ4v) is 2.17. The number of nitrogens with zero attached hydrogens (tertiary/aromatic N) is 1. The Bertz CT molecular complexity index is 193. The van der Waals surface area contributed by atoms with Crippen molar-refractivity contribution in [1.29, 1.82) is 0 Å². The van der Waals surface area contributed by atoms with Crippen molar-refractivity contribution in [1.82, 2.24) is 4.90 Å². The molecule has 12 heavy (non-hydrogen) atoms. The molecule has 0 atom stereocenters. The van der Waals surface area contributed by atoms with Crippen LogP contribution in [0.3, 0.4) is 0 Å². The minimum absolute atomic E-state index is 0.199. The Hall–Kier alpha value is -0.730. The second-order valence-corrected chi connectivity index (χ2v) is 4.74. The second kappa shape index (κ2) is 2.38. The summed E-state index contributed by atoms with van der Waals surface area (Å²) in [6, 6.07) is 0. The van der Waals surface area contributed by atoms with Crippen LogP contribution in [0.15, 0.2) is 0 Å². The van der Waals surface area contributed by atoms with Gasteiger partial charge in [-0.05, 0) is 40.5 Å². The largest absolute Gasteiger partial charge is 0.465 e. The standard InChI is InChI=1S/C9H17NO2/c1-8(2)5-6-9(3,4)10(8)7(11)12/h5-6H2,1-4H3,(H,11,12). The topological polar surface area (TPSA) is 40.5 Å². The van der Waals surface area contributed by atoms with Crippen LogP contribution in [0.1, 0.15) is 40.5 Å². The summed E-state index contributed by atoms with van der Waals surface area (Å²) in [6.45, 7) is 7.93. The van der Waals surface area contributed by atoms with Gasteiger partial charge in [0, 0.05) is 11.1 Å². The third-order valence-corrected chi connectivity index (χ3v) is 2.75. The molecule has 0 aromatic heterocycles. The highest BCUT2D eigenvalue weighted by Crippen LogP contribution is 2.40. The number of hydrogen-bond acceptors (Lipinski definition) is 1. The van der Waals surface area contributed by atoms with E-state index >= 15 is 0 Å². The summed E-state index contributed by atoms with van der Waals surface area (Å²) in [5.74, 6) is 0. The molecule has 1 heterocycles. The molecule has 3 heteroatoms. The molecule has 70 valence electrons. The maximum absolute atomic E-state index is 11.0. The van der Waals surface area contributed by atoms with E-state index in [0.717, 1.165) is 12.8 Å². The van der Waals surface area contributed by atoms with Crippen molar-refractivity contribution in [3.63, 3.8) is 0 Å². The number of carboxylic acid groups (broad SMARTS) is 1. The minimum atomic E-state index is -0.803. The Balaban J connectivity index is 2.96. The lowest BCUT2D eigenvalue weighted by Crippen LogP contribution is -2.51. The van der Waals surface area contributed by atoms with Crippen molar-refractivity contribution in [3.8, 4) is 0 Å². The average Bonchev–Trinajstić information content (AvgIpc) is 2.01. The third kappa shape index (κ3) is 1.28. The molecule has 0 aliphatic carbocycles. The quantitative estimate of drug-likeness (QED) is 0.607. The number of rotatable bonds is 0. The van der Waals surface area contributed by atoms with E-state index < -0.39 is 6.09 Å². The van der Waals surface area contributed by atoms with Gasteiger partial charge in [0.05, 0.1) is 0 Å². The minimum Gasteiger partial charge on any atom is -0.465 e. The third-order valence-electron chi connectivity index (χ3n) is 2.75. The van der Waals surface area contributed by atoms with Crippen LogP contribution in [0.25, 0.3) is 0 Å². The van der Waals surface area contributed by atoms with E-state index in [1.165, 1.54) is 0 Å². The Morgan fingerprint density at radius 3 is 1.67 bits per heavy atom. The zero-order valence-corrected chi connectivity index (χ0v) is 8.22. The van der Waals surface area contributed by atoms with E-state index in [2.05, 4.69) is 0 Å². The maximum atomic E-state index is 11.0. The SMILES string of the molecule is CC1(C)CCC(C)(C)N1C(=O)O. The van der Waals surface area contributed by atoms with E-state index in [4.69, 9.17) is 5.11 Å². The van der Waals surface area contributed by atoms with Gasteiger partial charge < -0.3 is 5.11 Å². The molecule has 1 aliphatic heterocycles. The van der Waals surface area contributed by atoms with Gasteiger partial charge in [-0.1, -0.05) is 0 Å². The second-order valence-electron chi connectivity index (χ2n) is 4.74. The van der Waals surface area contributed by atoms with Crippen LogP contribution in [-0.2, 0) is 0 Å². The fraction of sp³-hybridized carbons (Fsp3) is 0.889. The monoisotopic (exact) mass is 171 g/mol. The summed E-state index contributed by atoms with van der Waals surface area (Å²) in [5.41, 5.74) is -0.398. The van der Waals surface area contributed by atoms with E-state index in [1.54, 1.807) is 4.90 Å². The molecule has 0 spiro atoms. The van der Waals surface area contributed by atoms with Gasteiger partial charge in [0.2, 0.25) is 0 Å². The highest BCUT2D eigenvalue weighted by Gasteiger charge is 2.47. The summed E-state index contributed by atoms with van der Waals surface area (Å²) in [7, 11) is 0. The van der Waals surface area contributed by atoms with Crippen LogP contribution in [-0.4, -0.2) is 27.2 Å². The first-order valence-electron chi connectivity index (χ1n) is 4.31. The van der Waals surface area contributed by atoms with Gasteiger partial charge in [0.15, 0.2) is 0 Å². The van der Waals surface area contributed by atoms with Crippen LogP contribution < -0.4 is 0 Å². The number of hydrogen-bond donors (Lipinski definition) is 1. The molecule has 1 rings (SSSR count). The van der Waals surface area contributed by atoms with Crippen molar-refractivity contribution in [2.24, 2.45) is 0 Å². The van der Waals surface area contributed by atoms with Crippen molar-refractivity contribution >= 4 is 6.09 Å². The van der Waals surface area contributed by atoms with Gasteiger partial charge in [0.1, 0.15) is 0 Å². The summed E-state index contributed by atoms with van der Waals surface area (Å²) < 4.78 is 0. The van der Waals surface area contributed by atoms with Gasteiger partial charge >= 0.3 is 6.09 Å². The summed E-state index contributed by atoms with van der Waals surface area (Å²) in [4.78, 5) is 12.5. The zero-order chi connectivity index (χ0) is 9.57. The smallest absolute Gasteiger partial charge is 0.408 e. The molecule has 0 saturated carbocycles. The molecule has 1 saturated heterocycles. The van der Waals surface area contributed by atoms with Crippen molar-refractivity contribution in [3.05, 3.63) is 0 Å². The van der Waals surface area contributed by atoms with E-state index in [1.807, 2.05) is 27.7 Å². The van der Waals surface area contributed by atoms with Gasteiger partial charge in [-0.25, -0.2) is 4.79 Å². The fourth-order valence-electron chi connectivity index (χ4n) is 2.17. The summed E-state index contributed by atoms with van der Waals surface area (Å²) in [5, 5.41) is 9.01. The lowest BCUT2D eigenvalue weighted by molar-refractivity contribution is 0.0690. The Morgan fingerprint density at radius 1 is 1.17 bits per heavy atom. The lowest BCUT2D eigenvalue weighted by Gasteiger charge is -2.37. The first kappa shape index (κ1) is 9.36. The van der Waals surface area contributed by atoms with E-state index in [-0.39, 0.29) is 11.1 Å². The Labute approximate surface area is 73.4 Å². The molecule has 1 amide bonds. The molecule has 1 aliphatic rings. The number of carbonyl (C=O) groups is 1. The Morgan fingerprint density at radius 2 is 1.50 bits per heavy atom. The molecule has 1 N–H and O–H groups in total. The van der Waals surface area contributed by atoms with Crippen LogP contribution in [0.2, 0.25) is 0 Å². The Kier molecular flexibility index (Phi) is 1.85. The first-order chi connectivity index (χ1) is 5.27. The van der Waals surface area contributed by atoms with E-state index in [9.17, 15) is 4.79 Å². The van der Waals surface area contributed by atoms with Gasteiger partial charge in [-0.2, -0.15) is 0 Å².